The number of aromatic amines is 1. The van der Waals surface area contributed by atoms with Gasteiger partial charge in [-0.05, 0) is 19.1 Å². The third-order valence-corrected chi connectivity index (χ3v) is 2.74. The quantitative estimate of drug-likeness (QED) is 0.697. The molecule has 3 heterocycles. The van der Waals surface area contributed by atoms with Crippen molar-refractivity contribution in [3.8, 4) is 17.4 Å². The molecule has 88 valence electrons. The summed E-state index contributed by atoms with van der Waals surface area (Å²) in [5, 5.41) is 12.8. The second kappa shape index (κ2) is 3.60. The number of H-pyrrole nitrogens is 1. The predicted molar refractivity (Wildman–Crippen MR) is 63.0 cm³/mol. The Bertz CT molecular complexity index is 818. The lowest BCUT2D eigenvalue weighted by molar-refractivity contribution is 0.580. The Labute approximate surface area is 101 Å². The monoisotopic (exact) mass is 240 g/mol. The molecule has 3 aromatic rings. The molecule has 0 spiro atoms. The van der Waals surface area contributed by atoms with Gasteiger partial charge in [-0.1, -0.05) is 0 Å². The Morgan fingerprint density at radius 1 is 1.56 bits per heavy atom. The fraction of sp³-hybridized carbons (Fsp3) is 0.0833. The number of fused-ring (bicyclic) bond motifs is 1. The summed E-state index contributed by atoms with van der Waals surface area (Å²) in [7, 11) is 0. The summed E-state index contributed by atoms with van der Waals surface area (Å²) in [6.07, 6.45) is 2.86. The zero-order valence-electron chi connectivity index (χ0n) is 9.47. The molecule has 18 heavy (non-hydrogen) atoms. The number of aromatic nitrogens is 3. The molecule has 0 aliphatic rings. The van der Waals surface area contributed by atoms with Crippen LogP contribution in [0.1, 0.15) is 11.3 Å². The van der Waals surface area contributed by atoms with Crippen molar-refractivity contribution in [1.82, 2.24) is 14.6 Å². The van der Waals surface area contributed by atoms with Crippen LogP contribution in [0.15, 0.2) is 33.8 Å². The van der Waals surface area contributed by atoms with E-state index in [0.717, 1.165) is 0 Å². The Balaban J connectivity index is 2.44. The number of nitrogens with zero attached hydrogens (tertiary/aromatic N) is 3. The van der Waals surface area contributed by atoms with Crippen LogP contribution >= 0.6 is 0 Å². The average molecular weight is 240 g/mol. The number of nitriles is 1. The summed E-state index contributed by atoms with van der Waals surface area (Å²) in [5.41, 5.74) is 1.48. The molecule has 1 N–H and O–H groups in total. The van der Waals surface area contributed by atoms with Gasteiger partial charge in [0.05, 0.1) is 12.5 Å². The summed E-state index contributed by atoms with van der Waals surface area (Å²) < 4.78 is 6.41. The molecule has 0 unspecified atom stereocenters. The van der Waals surface area contributed by atoms with Crippen LogP contribution in [0, 0.1) is 18.3 Å². The van der Waals surface area contributed by atoms with Crippen LogP contribution in [0.2, 0.25) is 0 Å². The molecule has 0 fully saturated rings. The van der Waals surface area contributed by atoms with Crippen LogP contribution in [-0.2, 0) is 0 Å². The fourth-order valence-corrected chi connectivity index (χ4v) is 1.92. The lowest BCUT2D eigenvalue weighted by Crippen LogP contribution is -2.18. The molecule has 0 radical (unpaired) electrons. The number of nitrogens with one attached hydrogen (secondary N) is 1. The lowest BCUT2D eigenvalue weighted by atomic mass is 10.2. The van der Waals surface area contributed by atoms with Crippen molar-refractivity contribution in [1.29, 1.82) is 5.26 Å². The lowest BCUT2D eigenvalue weighted by Gasteiger charge is -2.03. The van der Waals surface area contributed by atoms with E-state index in [1.165, 1.54) is 17.0 Å². The van der Waals surface area contributed by atoms with E-state index in [9.17, 15) is 4.79 Å². The molecule has 0 bridgehead atoms. The molecule has 6 heteroatoms. The molecule has 0 aromatic carbocycles. The zero-order chi connectivity index (χ0) is 12.7. The normalized spacial score (nSPS) is 10.7. The van der Waals surface area contributed by atoms with Crippen molar-refractivity contribution < 1.29 is 4.42 Å². The molecule has 3 rings (SSSR count). The van der Waals surface area contributed by atoms with E-state index < -0.39 is 0 Å². The first-order chi connectivity index (χ1) is 8.72. The van der Waals surface area contributed by atoms with Crippen LogP contribution in [0.4, 0.5) is 0 Å². The summed E-state index contributed by atoms with van der Waals surface area (Å²) in [6, 6.07) is 5.40. The van der Waals surface area contributed by atoms with Gasteiger partial charge in [0, 0.05) is 5.69 Å². The van der Waals surface area contributed by atoms with Crippen LogP contribution in [0.5, 0.6) is 0 Å². The highest BCUT2D eigenvalue weighted by molar-refractivity contribution is 5.63. The molecule has 3 aromatic heterocycles. The van der Waals surface area contributed by atoms with E-state index in [1.807, 2.05) is 6.07 Å². The van der Waals surface area contributed by atoms with Crippen molar-refractivity contribution in [3.63, 3.8) is 0 Å². The van der Waals surface area contributed by atoms with Gasteiger partial charge in [-0.15, -0.1) is 0 Å². The molecular formula is C12H8N4O2. The van der Waals surface area contributed by atoms with Crippen LogP contribution < -0.4 is 5.56 Å². The minimum atomic E-state index is -0.308. The van der Waals surface area contributed by atoms with Gasteiger partial charge >= 0.3 is 0 Å². The van der Waals surface area contributed by atoms with E-state index in [1.54, 1.807) is 19.1 Å². The molecule has 0 aliphatic carbocycles. The SMILES string of the molecule is Cc1[nH]c2c(C#N)cnn2c(=O)c1-c1ccco1. The Morgan fingerprint density at radius 3 is 3.06 bits per heavy atom. The van der Waals surface area contributed by atoms with Gasteiger partial charge in [0.1, 0.15) is 23.0 Å². The third kappa shape index (κ3) is 1.28. The molecular weight excluding hydrogens is 232 g/mol. The van der Waals surface area contributed by atoms with Gasteiger partial charge in [-0.2, -0.15) is 14.9 Å². The smallest absolute Gasteiger partial charge is 0.285 e. The summed E-state index contributed by atoms with van der Waals surface area (Å²) in [4.78, 5) is 15.3. The van der Waals surface area contributed by atoms with Crippen LogP contribution in [0.25, 0.3) is 17.0 Å². The summed E-state index contributed by atoms with van der Waals surface area (Å²) >= 11 is 0. The largest absolute Gasteiger partial charge is 0.464 e. The maximum atomic E-state index is 12.3. The first kappa shape index (κ1) is 10.4. The number of hydrogen-bond acceptors (Lipinski definition) is 4. The second-order valence-electron chi connectivity index (χ2n) is 3.84. The number of rotatable bonds is 1. The van der Waals surface area contributed by atoms with E-state index in [-0.39, 0.29) is 5.56 Å². The van der Waals surface area contributed by atoms with Gasteiger partial charge in [-0.25, -0.2) is 0 Å². The van der Waals surface area contributed by atoms with Crippen LogP contribution in [0.3, 0.4) is 0 Å². The Hall–Kier alpha value is -2.81. The van der Waals surface area contributed by atoms with Crippen molar-refractivity contribution in [2.45, 2.75) is 6.92 Å². The average Bonchev–Trinajstić information content (AvgIpc) is 2.97. The first-order valence-electron chi connectivity index (χ1n) is 5.27. The standard InChI is InChI=1S/C12H8N4O2/c1-7-10(9-3-2-4-18-9)12(17)16-11(15-7)8(5-13)6-14-16/h2-4,6,15H,1H3. The molecule has 0 amide bonds. The van der Waals surface area contributed by atoms with Gasteiger partial charge in [-0.3, -0.25) is 4.79 Å². The van der Waals surface area contributed by atoms with E-state index >= 15 is 0 Å². The highest BCUT2D eigenvalue weighted by Crippen LogP contribution is 2.19. The fourth-order valence-electron chi connectivity index (χ4n) is 1.92. The van der Waals surface area contributed by atoms with Crippen molar-refractivity contribution >= 4 is 5.65 Å². The van der Waals surface area contributed by atoms with E-state index in [0.29, 0.717) is 28.2 Å². The topological polar surface area (TPSA) is 87.1 Å². The van der Waals surface area contributed by atoms with Gasteiger partial charge in [0.15, 0.2) is 5.65 Å². The van der Waals surface area contributed by atoms with E-state index in [2.05, 4.69) is 10.1 Å². The summed E-state index contributed by atoms with van der Waals surface area (Å²) in [6.45, 7) is 1.76. The van der Waals surface area contributed by atoms with Gasteiger partial charge in [0.25, 0.3) is 5.56 Å². The Morgan fingerprint density at radius 2 is 2.39 bits per heavy atom. The van der Waals surface area contributed by atoms with Crippen LogP contribution in [-0.4, -0.2) is 14.6 Å². The predicted octanol–water partition coefficient (Wildman–Crippen LogP) is 1.46. The highest BCUT2D eigenvalue weighted by atomic mass is 16.3. The maximum absolute atomic E-state index is 12.3. The number of aryl methyl sites for hydroxylation is 1. The molecule has 0 saturated carbocycles. The molecule has 0 atom stereocenters. The maximum Gasteiger partial charge on any atom is 0.285 e. The van der Waals surface area contributed by atoms with Crippen molar-refractivity contribution in [2.75, 3.05) is 0 Å². The summed E-state index contributed by atoms with van der Waals surface area (Å²) in [5.74, 6) is 0.477. The molecule has 6 nitrogen and oxygen atoms in total. The highest BCUT2D eigenvalue weighted by Gasteiger charge is 2.16. The second-order valence-corrected chi connectivity index (χ2v) is 3.84. The van der Waals surface area contributed by atoms with E-state index in [4.69, 9.17) is 9.68 Å². The number of hydrogen-bond donors (Lipinski definition) is 1. The molecule has 0 saturated heterocycles. The Kier molecular flexibility index (Phi) is 2.07. The van der Waals surface area contributed by atoms with Crippen molar-refractivity contribution in [3.05, 3.63) is 46.2 Å². The van der Waals surface area contributed by atoms with Gasteiger partial charge < -0.3 is 9.40 Å². The van der Waals surface area contributed by atoms with Gasteiger partial charge in [0.2, 0.25) is 0 Å². The molecule has 0 aliphatic heterocycles. The first-order valence-corrected chi connectivity index (χ1v) is 5.27. The van der Waals surface area contributed by atoms with Crippen molar-refractivity contribution in [2.24, 2.45) is 0 Å². The number of furan rings is 1. The minimum Gasteiger partial charge on any atom is -0.464 e. The minimum absolute atomic E-state index is 0.308. The zero-order valence-corrected chi connectivity index (χ0v) is 9.47. The third-order valence-electron chi connectivity index (χ3n) is 2.74.